The lowest BCUT2D eigenvalue weighted by Gasteiger charge is -2.04. The molecule has 0 unspecified atom stereocenters. The molecule has 0 aliphatic rings. The smallest absolute Gasteiger partial charge is 0.336 e. The molecule has 0 saturated carbocycles. The van der Waals surface area contributed by atoms with E-state index in [1.165, 1.54) is 11.6 Å². The maximum Gasteiger partial charge on any atom is 0.336 e. The first kappa shape index (κ1) is 10.8. The predicted octanol–water partition coefficient (Wildman–Crippen LogP) is 3.77. The Labute approximate surface area is 105 Å². The van der Waals surface area contributed by atoms with Crippen LogP contribution in [0, 0.1) is 6.92 Å². The number of fused-ring (bicyclic) bond motifs is 1. The van der Waals surface area contributed by atoms with Gasteiger partial charge in [-0.15, -0.1) is 0 Å². The SMILES string of the molecule is Cc1cccc(-c2ccc3ccc(=O)oc3c2)c1. The molecule has 0 N–H and O–H groups in total. The third-order valence-corrected chi connectivity index (χ3v) is 2.97. The Balaban J connectivity index is 2.21. The highest BCUT2D eigenvalue weighted by Crippen LogP contribution is 2.24. The van der Waals surface area contributed by atoms with Crippen LogP contribution in [0.2, 0.25) is 0 Å². The maximum absolute atomic E-state index is 11.2. The van der Waals surface area contributed by atoms with Crippen LogP contribution in [-0.4, -0.2) is 0 Å². The van der Waals surface area contributed by atoms with E-state index in [1.807, 2.05) is 24.3 Å². The lowest BCUT2D eigenvalue weighted by molar-refractivity contribution is 0.561. The monoisotopic (exact) mass is 236 g/mol. The van der Waals surface area contributed by atoms with Crippen molar-refractivity contribution >= 4 is 11.0 Å². The lowest BCUT2D eigenvalue weighted by atomic mass is 10.0. The number of hydrogen-bond acceptors (Lipinski definition) is 2. The highest BCUT2D eigenvalue weighted by Gasteiger charge is 2.02. The van der Waals surface area contributed by atoms with E-state index in [9.17, 15) is 4.79 Å². The predicted molar refractivity (Wildman–Crippen MR) is 72.7 cm³/mol. The second-order valence-electron chi connectivity index (χ2n) is 4.38. The minimum absolute atomic E-state index is 0.316. The molecule has 0 atom stereocenters. The molecule has 1 heterocycles. The summed E-state index contributed by atoms with van der Waals surface area (Å²) in [6, 6.07) is 17.4. The van der Waals surface area contributed by atoms with Crippen LogP contribution in [0.4, 0.5) is 0 Å². The Hall–Kier alpha value is -2.35. The second kappa shape index (κ2) is 4.15. The molecule has 0 bridgehead atoms. The van der Waals surface area contributed by atoms with Gasteiger partial charge in [-0.1, -0.05) is 42.0 Å². The molecule has 2 heteroatoms. The summed E-state index contributed by atoms with van der Waals surface area (Å²) in [6.07, 6.45) is 0. The second-order valence-corrected chi connectivity index (χ2v) is 4.38. The van der Waals surface area contributed by atoms with Gasteiger partial charge in [-0.25, -0.2) is 4.79 Å². The van der Waals surface area contributed by atoms with Crippen LogP contribution in [0.5, 0.6) is 0 Å². The largest absolute Gasteiger partial charge is 0.423 e. The van der Waals surface area contributed by atoms with Crippen LogP contribution in [-0.2, 0) is 0 Å². The highest BCUT2D eigenvalue weighted by atomic mass is 16.4. The van der Waals surface area contributed by atoms with Crippen LogP contribution in [0.3, 0.4) is 0 Å². The van der Waals surface area contributed by atoms with E-state index >= 15 is 0 Å². The molecule has 2 nitrogen and oxygen atoms in total. The first-order valence-corrected chi connectivity index (χ1v) is 5.83. The van der Waals surface area contributed by atoms with Crippen molar-refractivity contribution in [1.29, 1.82) is 0 Å². The van der Waals surface area contributed by atoms with E-state index in [1.54, 1.807) is 6.07 Å². The minimum atomic E-state index is -0.316. The van der Waals surface area contributed by atoms with E-state index in [2.05, 4.69) is 25.1 Å². The molecule has 0 aliphatic heterocycles. The van der Waals surface area contributed by atoms with E-state index in [-0.39, 0.29) is 5.63 Å². The van der Waals surface area contributed by atoms with Gasteiger partial charge in [0.1, 0.15) is 5.58 Å². The van der Waals surface area contributed by atoms with Gasteiger partial charge in [-0.05, 0) is 30.2 Å². The molecule has 0 radical (unpaired) electrons. The highest BCUT2D eigenvalue weighted by molar-refractivity contribution is 5.82. The maximum atomic E-state index is 11.2. The van der Waals surface area contributed by atoms with Crippen LogP contribution < -0.4 is 5.63 Å². The van der Waals surface area contributed by atoms with Crippen LogP contribution >= 0.6 is 0 Å². The van der Waals surface area contributed by atoms with Crippen LogP contribution in [0.1, 0.15) is 5.56 Å². The van der Waals surface area contributed by atoms with Gasteiger partial charge in [0.25, 0.3) is 0 Å². The lowest BCUT2D eigenvalue weighted by Crippen LogP contribution is -1.94. The van der Waals surface area contributed by atoms with Gasteiger partial charge >= 0.3 is 5.63 Å². The minimum Gasteiger partial charge on any atom is -0.423 e. The average molecular weight is 236 g/mol. The van der Waals surface area contributed by atoms with Gasteiger partial charge in [-0.3, -0.25) is 0 Å². The molecule has 3 rings (SSSR count). The molecule has 0 aliphatic carbocycles. The molecule has 0 spiro atoms. The molecule has 0 amide bonds. The summed E-state index contributed by atoms with van der Waals surface area (Å²) >= 11 is 0. The quantitative estimate of drug-likeness (QED) is 0.602. The Kier molecular flexibility index (Phi) is 2.49. The van der Waals surface area contributed by atoms with Gasteiger partial charge in [0, 0.05) is 11.5 Å². The fourth-order valence-electron chi connectivity index (χ4n) is 2.06. The molecule has 3 aromatic rings. The molecule has 0 fully saturated rings. The fourth-order valence-corrected chi connectivity index (χ4v) is 2.06. The fraction of sp³-hybridized carbons (Fsp3) is 0.0625. The first-order chi connectivity index (χ1) is 8.72. The van der Waals surface area contributed by atoms with Gasteiger partial charge < -0.3 is 4.42 Å². The van der Waals surface area contributed by atoms with Crippen molar-refractivity contribution in [3.8, 4) is 11.1 Å². The van der Waals surface area contributed by atoms with Crippen LogP contribution in [0.15, 0.2) is 63.8 Å². The standard InChI is InChI=1S/C16H12O2/c1-11-3-2-4-13(9-11)14-6-5-12-7-8-16(17)18-15(12)10-14/h2-10H,1H3. The third-order valence-electron chi connectivity index (χ3n) is 2.97. The Morgan fingerprint density at radius 2 is 1.67 bits per heavy atom. The summed E-state index contributed by atoms with van der Waals surface area (Å²) in [4.78, 5) is 11.2. The molecule has 2 aromatic carbocycles. The molecule has 18 heavy (non-hydrogen) atoms. The third kappa shape index (κ3) is 1.93. The number of benzene rings is 2. The van der Waals surface area contributed by atoms with Crippen molar-refractivity contribution in [3.05, 3.63) is 70.6 Å². The summed E-state index contributed by atoms with van der Waals surface area (Å²) in [5.74, 6) is 0. The van der Waals surface area contributed by atoms with Crippen molar-refractivity contribution in [2.24, 2.45) is 0 Å². The Bertz CT molecular complexity index is 769. The van der Waals surface area contributed by atoms with Gasteiger partial charge in [0.2, 0.25) is 0 Å². The van der Waals surface area contributed by atoms with E-state index < -0.39 is 0 Å². The van der Waals surface area contributed by atoms with Crippen LogP contribution in [0.25, 0.3) is 22.1 Å². The summed E-state index contributed by atoms with van der Waals surface area (Å²) in [5, 5.41) is 0.936. The molecular formula is C16H12O2. The van der Waals surface area contributed by atoms with E-state index in [0.717, 1.165) is 16.5 Å². The van der Waals surface area contributed by atoms with Gasteiger partial charge in [0.05, 0.1) is 0 Å². The van der Waals surface area contributed by atoms with Crippen molar-refractivity contribution < 1.29 is 4.42 Å². The average Bonchev–Trinajstić information content (AvgIpc) is 2.38. The molecule has 0 saturated heterocycles. The van der Waals surface area contributed by atoms with Crippen molar-refractivity contribution in [3.63, 3.8) is 0 Å². The normalized spacial score (nSPS) is 10.7. The number of rotatable bonds is 1. The first-order valence-electron chi connectivity index (χ1n) is 5.83. The van der Waals surface area contributed by atoms with Crippen molar-refractivity contribution in [2.45, 2.75) is 6.92 Å². The number of aryl methyl sites for hydroxylation is 1. The van der Waals surface area contributed by atoms with Gasteiger partial charge in [-0.2, -0.15) is 0 Å². The van der Waals surface area contributed by atoms with Crippen molar-refractivity contribution in [1.82, 2.24) is 0 Å². The topological polar surface area (TPSA) is 30.2 Å². The summed E-state index contributed by atoms with van der Waals surface area (Å²) in [7, 11) is 0. The summed E-state index contributed by atoms with van der Waals surface area (Å²) in [6.45, 7) is 2.06. The number of hydrogen-bond donors (Lipinski definition) is 0. The van der Waals surface area contributed by atoms with E-state index in [0.29, 0.717) is 5.58 Å². The van der Waals surface area contributed by atoms with E-state index in [4.69, 9.17) is 4.42 Å². The molecular weight excluding hydrogens is 224 g/mol. The molecule has 88 valence electrons. The van der Waals surface area contributed by atoms with Gasteiger partial charge in [0.15, 0.2) is 0 Å². The zero-order valence-electron chi connectivity index (χ0n) is 10.0. The Morgan fingerprint density at radius 3 is 2.50 bits per heavy atom. The summed E-state index contributed by atoms with van der Waals surface area (Å²) < 4.78 is 5.20. The molecule has 1 aromatic heterocycles. The Morgan fingerprint density at radius 1 is 0.889 bits per heavy atom. The zero-order chi connectivity index (χ0) is 12.5. The summed E-state index contributed by atoms with van der Waals surface area (Å²) in [5.41, 5.74) is 3.71. The van der Waals surface area contributed by atoms with Crippen molar-refractivity contribution in [2.75, 3.05) is 0 Å². The zero-order valence-corrected chi connectivity index (χ0v) is 10.0.